The summed E-state index contributed by atoms with van der Waals surface area (Å²) < 4.78 is 22.5. The summed E-state index contributed by atoms with van der Waals surface area (Å²) >= 11 is 11.3. The number of hydrogen-bond acceptors (Lipinski definition) is 2. The van der Waals surface area contributed by atoms with Gasteiger partial charge in [-0.3, -0.25) is 0 Å². The van der Waals surface area contributed by atoms with Crippen LogP contribution in [0, 0.1) is 0 Å². The number of halogens is 2. The second kappa shape index (κ2) is 3.86. The molecule has 0 aromatic heterocycles. The van der Waals surface area contributed by atoms with Gasteiger partial charge in [0.1, 0.15) is 0 Å². The Bertz CT molecular complexity index is 412. The van der Waals surface area contributed by atoms with Crippen molar-refractivity contribution in [2.24, 2.45) is 0 Å². The van der Waals surface area contributed by atoms with Crippen molar-refractivity contribution in [3.8, 4) is 0 Å². The molecule has 0 heterocycles. The van der Waals surface area contributed by atoms with Crippen LogP contribution in [0.25, 0.3) is 0 Å². The molecule has 0 bridgehead atoms. The molecule has 1 rings (SSSR count). The van der Waals surface area contributed by atoms with E-state index < -0.39 is 9.84 Å². The summed E-state index contributed by atoms with van der Waals surface area (Å²) in [6.45, 7) is 0. The van der Waals surface area contributed by atoms with Crippen molar-refractivity contribution in [2.45, 2.75) is 10.8 Å². The molecule has 72 valence electrons. The van der Waals surface area contributed by atoms with Gasteiger partial charge in [-0.05, 0) is 17.7 Å². The Hall–Kier alpha value is -0.250. The van der Waals surface area contributed by atoms with Gasteiger partial charge < -0.3 is 0 Å². The highest BCUT2D eigenvalue weighted by molar-refractivity contribution is 7.90. The fourth-order valence-electron chi connectivity index (χ4n) is 0.984. The van der Waals surface area contributed by atoms with E-state index in [2.05, 4.69) is 0 Å². The quantitative estimate of drug-likeness (QED) is 0.743. The third kappa shape index (κ3) is 2.59. The van der Waals surface area contributed by atoms with Gasteiger partial charge in [0.2, 0.25) is 0 Å². The number of rotatable bonds is 2. The Morgan fingerprint density at radius 2 is 2.00 bits per heavy atom. The topological polar surface area (TPSA) is 34.1 Å². The first kappa shape index (κ1) is 10.8. The molecule has 0 saturated carbocycles. The van der Waals surface area contributed by atoms with Crippen LogP contribution >= 0.6 is 23.2 Å². The molecule has 13 heavy (non-hydrogen) atoms. The minimum Gasteiger partial charge on any atom is -0.224 e. The predicted molar refractivity (Wildman–Crippen MR) is 54.1 cm³/mol. The zero-order valence-electron chi connectivity index (χ0n) is 6.92. The maximum atomic E-state index is 11.2. The molecule has 0 amide bonds. The first-order chi connectivity index (χ1) is 5.95. The van der Waals surface area contributed by atoms with Crippen LogP contribution in [0.2, 0.25) is 5.02 Å². The van der Waals surface area contributed by atoms with E-state index in [0.29, 0.717) is 10.6 Å². The lowest BCUT2D eigenvalue weighted by Gasteiger charge is -2.04. The number of benzene rings is 1. The summed E-state index contributed by atoms with van der Waals surface area (Å²) in [6, 6.07) is 4.65. The minimum atomic E-state index is -3.24. The Kier molecular flexibility index (Phi) is 3.22. The van der Waals surface area contributed by atoms with E-state index in [1.165, 1.54) is 6.07 Å². The Balaban J connectivity index is 3.41. The monoisotopic (exact) mass is 238 g/mol. The van der Waals surface area contributed by atoms with Gasteiger partial charge >= 0.3 is 0 Å². The van der Waals surface area contributed by atoms with Gasteiger partial charge in [-0.2, -0.15) is 0 Å². The van der Waals surface area contributed by atoms with Crippen LogP contribution < -0.4 is 0 Å². The highest BCUT2D eigenvalue weighted by Crippen LogP contribution is 2.21. The molecule has 1 aromatic carbocycles. The second-order valence-corrected chi connectivity index (χ2v) is 5.35. The van der Waals surface area contributed by atoms with E-state index in [0.717, 1.165) is 6.26 Å². The van der Waals surface area contributed by atoms with Crippen LogP contribution in [-0.4, -0.2) is 14.7 Å². The summed E-state index contributed by atoms with van der Waals surface area (Å²) in [5, 5.41) is 0.397. The van der Waals surface area contributed by atoms with E-state index >= 15 is 0 Å². The molecule has 0 N–H and O–H groups in total. The van der Waals surface area contributed by atoms with Gasteiger partial charge in [0.05, 0.1) is 4.90 Å². The smallest absolute Gasteiger partial charge is 0.175 e. The predicted octanol–water partition coefficient (Wildman–Crippen LogP) is 2.48. The van der Waals surface area contributed by atoms with E-state index in [1.807, 2.05) is 0 Å². The SMILES string of the molecule is CS(=O)(=O)c1cc(Cl)ccc1CCl. The zero-order chi connectivity index (χ0) is 10.1. The number of hydrogen-bond donors (Lipinski definition) is 0. The van der Waals surface area contributed by atoms with Gasteiger partial charge in [0.25, 0.3) is 0 Å². The molecule has 5 heteroatoms. The Labute approximate surface area is 87.4 Å². The van der Waals surface area contributed by atoms with Crippen LogP contribution in [0.4, 0.5) is 0 Å². The van der Waals surface area contributed by atoms with Gasteiger partial charge in [-0.15, -0.1) is 11.6 Å². The van der Waals surface area contributed by atoms with Crippen molar-refractivity contribution in [3.63, 3.8) is 0 Å². The van der Waals surface area contributed by atoms with E-state index in [9.17, 15) is 8.42 Å². The molecule has 0 aliphatic carbocycles. The van der Waals surface area contributed by atoms with E-state index in [1.54, 1.807) is 12.1 Å². The molecule has 1 aromatic rings. The zero-order valence-corrected chi connectivity index (χ0v) is 9.25. The lowest BCUT2D eigenvalue weighted by molar-refractivity contribution is 0.601. The molecule has 0 fully saturated rings. The molecule has 0 radical (unpaired) electrons. The molecule has 0 unspecified atom stereocenters. The maximum Gasteiger partial charge on any atom is 0.175 e. The first-order valence-electron chi connectivity index (χ1n) is 3.49. The summed E-state index contributed by atoms with van der Waals surface area (Å²) in [4.78, 5) is 0.204. The van der Waals surface area contributed by atoms with Crippen molar-refractivity contribution in [3.05, 3.63) is 28.8 Å². The van der Waals surface area contributed by atoms with Gasteiger partial charge in [-0.25, -0.2) is 8.42 Å². The van der Waals surface area contributed by atoms with Crippen LogP contribution in [0.1, 0.15) is 5.56 Å². The highest BCUT2D eigenvalue weighted by Gasteiger charge is 2.12. The largest absolute Gasteiger partial charge is 0.224 e. The van der Waals surface area contributed by atoms with Crippen molar-refractivity contribution < 1.29 is 8.42 Å². The molecular formula is C8H8Cl2O2S. The van der Waals surface area contributed by atoms with Crippen molar-refractivity contribution in [1.82, 2.24) is 0 Å². The van der Waals surface area contributed by atoms with E-state index in [4.69, 9.17) is 23.2 Å². The molecule has 2 nitrogen and oxygen atoms in total. The number of alkyl halides is 1. The molecular weight excluding hydrogens is 231 g/mol. The highest BCUT2D eigenvalue weighted by atomic mass is 35.5. The summed E-state index contributed by atoms with van der Waals surface area (Å²) in [7, 11) is -3.24. The lowest BCUT2D eigenvalue weighted by atomic mass is 10.2. The first-order valence-corrected chi connectivity index (χ1v) is 6.30. The van der Waals surface area contributed by atoms with Crippen LogP contribution in [0.15, 0.2) is 23.1 Å². The third-order valence-corrected chi connectivity index (χ3v) is 3.27. The molecule has 0 aliphatic heterocycles. The van der Waals surface area contributed by atoms with Crippen LogP contribution in [-0.2, 0) is 15.7 Å². The fourth-order valence-corrected chi connectivity index (χ4v) is 2.49. The molecule has 0 spiro atoms. The Morgan fingerprint density at radius 1 is 1.38 bits per heavy atom. The van der Waals surface area contributed by atoms with Gasteiger partial charge in [0, 0.05) is 17.2 Å². The van der Waals surface area contributed by atoms with Crippen molar-refractivity contribution in [1.29, 1.82) is 0 Å². The average molecular weight is 239 g/mol. The molecule has 0 aliphatic rings. The maximum absolute atomic E-state index is 11.2. The second-order valence-electron chi connectivity index (χ2n) is 2.66. The summed E-state index contributed by atoms with van der Waals surface area (Å²) in [5.74, 6) is 0.166. The van der Waals surface area contributed by atoms with Crippen LogP contribution in [0.3, 0.4) is 0 Å². The standard InChI is InChI=1S/C8H8Cl2O2S/c1-13(11,12)8-4-7(10)3-2-6(8)5-9/h2-4H,5H2,1H3. The minimum absolute atomic E-state index is 0.166. The average Bonchev–Trinajstić information content (AvgIpc) is 2.03. The van der Waals surface area contributed by atoms with Gasteiger partial charge in [0.15, 0.2) is 9.84 Å². The van der Waals surface area contributed by atoms with Crippen LogP contribution in [0.5, 0.6) is 0 Å². The Morgan fingerprint density at radius 3 is 2.46 bits per heavy atom. The number of sulfone groups is 1. The molecule has 0 atom stereocenters. The van der Waals surface area contributed by atoms with Gasteiger partial charge in [-0.1, -0.05) is 17.7 Å². The third-order valence-electron chi connectivity index (χ3n) is 1.57. The fraction of sp³-hybridized carbons (Fsp3) is 0.250. The lowest BCUT2D eigenvalue weighted by Crippen LogP contribution is -2.01. The normalized spacial score (nSPS) is 11.6. The molecule has 0 saturated heterocycles. The summed E-state index contributed by atoms with van der Waals surface area (Å²) in [5.41, 5.74) is 0.577. The van der Waals surface area contributed by atoms with E-state index in [-0.39, 0.29) is 10.8 Å². The van der Waals surface area contributed by atoms with Crippen molar-refractivity contribution in [2.75, 3.05) is 6.26 Å². The van der Waals surface area contributed by atoms with Crippen molar-refractivity contribution >= 4 is 33.0 Å². The summed E-state index contributed by atoms with van der Waals surface area (Å²) in [6.07, 6.45) is 1.13.